The van der Waals surface area contributed by atoms with Gasteiger partial charge in [0, 0.05) is 37.6 Å². The molecule has 21 heavy (non-hydrogen) atoms. The maximum atomic E-state index is 13.9. The molecular formula is C16H18FNO3. The Balaban J connectivity index is 2.17. The minimum absolute atomic E-state index is 0.00406. The molecule has 0 spiro atoms. The number of nitrogens with zero attached hydrogens (tertiary/aromatic N) is 1. The van der Waals surface area contributed by atoms with Gasteiger partial charge in [-0.05, 0) is 24.6 Å². The van der Waals surface area contributed by atoms with Crippen LogP contribution < -0.4 is 0 Å². The fourth-order valence-corrected chi connectivity index (χ4v) is 2.32. The topological polar surface area (TPSA) is 60.8 Å². The number of hydrogen-bond donors (Lipinski definition) is 2. The molecule has 0 aliphatic carbocycles. The quantitative estimate of drug-likeness (QED) is 0.817. The number of rotatable bonds is 3. The molecule has 1 saturated heterocycles. The van der Waals surface area contributed by atoms with Gasteiger partial charge in [-0.3, -0.25) is 4.79 Å². The largest absolute Gasteiger partial charge is 0.396 e. The summed E-state index contributed by atoms with van der Waals surface area (Å²) in [7, 11) is 0. The van der Waals surface area contributed by atoms with Gasteiger partial charge in [0.15, 0.2) is 0 Å². The van der Waals surface area contributed by atoms with Gasteiger partial charge in [0.1, 0.15) is 5.82 Å². The minimum Gasteiger partial charge on any atom is -0.396 e. The number of amides is 1. The average Bonchev–Trinajstić information content (AvgIpc) is 2.97. The summed E-state index contributed by atoms with van der Waals surface area (Å²) < 4.78 is 13.9. The molecule has 1 aliphatic rings. The van der Waals surface area contributed by atoms with Crippen molar-refractivity contribution in [3.63, 3.8) is 0 Å². The molecule has 1 unspecified atom stereocenters. The van der Waals surface area contributed by atoms with Crippen LogP contribution in [0.25, 0.3) is 0 Å². The summed E-state index contributed by atoms with van der Waals surface area (Å²) in [6.07, 6.45) is 1.07. The van der Waals surface area contributed by atoms with Crippen molar-refractivity contribution in [2.24, 2.45) is 5.92 Å². The number of aliphatic hydroxyl groups excluding tert-OH is 2. The Kier molecular flexibility index (Phi) is 5.32. The maximum absolute atomic E-state index is 13.9. The van der Waals surface area contributed by atoms with Crippen LogP contribution in [-0.4, -0.2) is 47.3 Å². The van der Waals surface area contributed by atoms with Crippen LogP contribution >= 0.6 is 0 Å². The van der Waals surface area contributed by atoms with Crippen molar-refractivity contribution in [2.75, 3.05) is 26.3 Å². The highest BCUT2D eigenvalue weighted by atomic mass is 19.1. The SMILES string of the molecule is O=C(c1cc(C#CCCO)ccc1F)N1CCC(CO)C1. The fraction of sp³-hybridized carbons (Fsp3) is 0.438. The molecule has 0 aromatic heterocycles. The minimum atomic E-state index is -0.569. The summed E-state index contributed by atoms with van der Waals surface area (Å²) in [5.74, 6) is 4.67. The average molecular weight is 291 g/mol. The summed E-state index contributed by atoms with van der Waals surface area (Å²) >= 11 is 0. The van der Waals surface area contributed by atoms with E-state index in [2.05, 4.69) is 11.8 Å². The summed E-state index contributed by atoms with van der Waals surface area (Å²) in [5, 5.41) is 17.8. The lowest BCUT2D eigenvalue weighted by Gasteiger charge is -2.16. The summed E-state index contributed by atoms with van der Waals surface area (Å²) in [4.78, 5) is 13.9. The zero-order valence-corrected chi connectivity index (χ0v) is 11.7. The third-order valence-corrected chi connectivity index (χ3v) is 3.50. The Labute approximate surface area is 123 Å². The van der Waals surface area contributed by atoms with Gasteiger partial charge in [0.25, 0.3) is 5.91 Å². The van der Waals surface area contributed by atoms with Crippen LogP contribution in [0.1, 0.15) is 28.8 Å². The molecule has 1 fully saturated rings. The normalized spacial score (nSPS) is 17.5. The van der Waals surface area contributed by atoms with E-state index in [4.69, 9.17) is 10.2 Å². The molecule has 1 atom stereocenters. The number of carbonyl (C=O) groups excluding carboxylic acids is 1. The van der Waals surface area contributed by atoms with Crippen molar-refractivity contribution in [3.8, 4) is 11.8 Å². The first kappa shape index (κ1) is 15.5. The van der Waals surface area contributed by atoms with E-state index in [1.807, 2.05) is 0 Å². The van der Waals surface area contributed by atoms with E-state index >= 15 is 0 Å². The molecule has 2 rings (SSSR count). The molecule has 2 N–H and O–H groups in total. The van der Waals surface area contributed by atoms with E-state index in [1.165, 1.54) is 18.2 Å². The van der Waals surface area contributed by atoms with Crippen LogP contribution in [0, 0.1) is 23.6 Å². The van der Waals surface area contributed by atoms with Crippen molar-refractivity contribution >= 4 is 5.91 Å². The first-order chi connectivity index (χ1) is 10.2. The zero-order chi connectivity index (χ0) is 15.2. The highest BCUT2D eigenvalue weighted by Gasteiger charge is 2.27. The molecule has 1 aromatic carbocycles. The lowest BCUT2D eigenvalue weighted by atomic mass is 10.1. The predicted octanol–water partition coefficient (Wildman–Crippen LogP) is 1.01. The Hall–Kier alpha value is -1.90. The maximum Gasteiger partial charge on any atom is 0.256 e. The van der Waals surface area contributed by atoms with E-state index in [0.29, 0.717) is 25.1 Å². The van der Waals surface area contributed by atoms with E-state index < -0.39 is 5.82 Å². The fourth-order valence-electron chi connectivity index (χ4n) is 2.32. The van der Waals surface area contributed by atoms with E-state index in [1.54, 1.807) is 4.90 Å². The second-order valence-corrected chi connectivity index (χ2v) is 5.06. The molecule has 1 amide bonds. The van der Waals surface area contributed by atoms with E-state index in [9.17, 15) is 9.18 Å². The van der Waals surface area contributed by atoms with Gasteiger partial charge in [0.05, 0.1) is 12.2 Å². The Morgan fingerprint density at radius 2 is 2.24 bits per heavy atom. The monoisotopic (exact) mass is 291 g/mol. The second-order valence-electron chi connectivity index (χ2n) is 5.06. The number of benzene rings is 1. The lowest BCUT2D eigenvalue weighted by molar-refractivity contribution is 0.0777. The molecule has 4 nitrogen and oxygen atoms in total. The van der Waals surface area contributed by atoms with Crippen LogP contribution in [-0.2, 0) is 0 Å². The van der Waals surface area contributed by atoms with Crippen LogP contribution in [0.15, 0.2) is 18.2 Å². The first-order valence-corrected chi connectivity index (χ1v) is 6.95. The number of carbonyl (C=O) groups is 1. The van der Waals surface area contributed by atoms with Crippen molar-refractivity contribution in [1.82, 2.24) is 4.90 Å². The second kappa shape index (κ2) is 7.21. The Morgan fingerprint density at radius 1 is 1.43 bits per heavy atom. The highest BCUT2D eigenvalue weighted by molar-refractivity contribution is 5.95. The van der Waals surface area contributed by atoms with Crippen molar-refractivity contribution in [1.29, 1.82) is 0 Å². The van der Waals surface area contributed by atoms with Gasteiger partial charge in [-0.15, -0.1) is 0 Å². The van der Waals surface area contributed by atoms with Gasteiger partial charge in [0.2, 0.25) is 0 Å². The van der Waals surface area contributed by atoms with Crippen LogP contribution in [0.4, 0.5) is 4.39 Å². The van der Waals surface area contributed by atoms with Crippen LogP contribution in [0.2, 0.25) is 0 Å². The third kappa shape index (κ3) is 3.81. The molecular weight excluding hydrogens is 273 g/mol. The van der Waals surface area contributed by atoms with Crippen molar-refractivity contribution in [3.05, 3.63) is 35.1 Å². The lowest BCUT2D eigenvalue weighted by Crippen LogP contribution is -2.29. The van der Waals surface area contributed by atoms with E-state index in [0.717, 1.165) is 6.42 Å². The van der Waals surface area contributed by atoms with E-state index in [-0.39, 0.29) is 30.6 Å². The number of aliphatic hydroxyl groups is 2. The summed E-state index contributed by atoms with van der Waals surface area (Å²) in [6.45, 7) is 0.994. The van der Waals surface area contributed by atoms with Crippen molar-refractivity contribution < 1.29 is 19.4 Å². The molecule has 1 heterocycles. The highest BCUT2D eigenvalue weighted by Crippen LogP contribution is 2.20. The van der Waals surface area contributed by atoms with Gasteiger partial charge < -0.3 is 15.1 Å². The summed E-state index contributed by atoms with van der Waals surface area (Å²) in [5.41, 5.74) is 0.551. The number of hydrogen-bond acceptors (Lipinski definition) is 3. The van der Waals surface area contributed by atoms with Crippen LogP contribution in [0.3, 0.4) is 0 Å². The molecule has 1 aromatic rings. The Bertz CT molecular complexity index is 577. The third-order valence-electron chi connectivity index (χ3n) is 3.50. The molecule has 112 valence electrons. The van der Waals surface area contributed by atoms with Gasteiger partial charge in [-0.2, -0.15) is 0 Å². The standard InChI is InChI=1S/C16H18FNO3/c17-15-5-4-12(3-1-2-8-19)9-14(15)16(21)18-7-6-13(10-18)11-20/h4-5,9,13,19-20H,2,6-8,10-11H2. The molecule has 0 saturated carbocycles. The van der Waals surface area contributed by atoms with Crippen molar-refractivity contribution in [2.45, 2.75) is 12.8 Å². The number of likely N-dealkylation sites (tertiary alicyclic amines) is 1. The predicted molar refractivity (Wildman–Crippen MR) is 76.1 cm³/mol. The van der Waals surface area contributed by atoms with Gasteiger partial charge >= 0.3 is 0 Å². The smallest absolute Gasteiger partial charge is 0.256 e. The first-order valence-electron chi connectivity index (χ1n) is 6.95. The zero-order valence-electron chi connectivity index (χ0n) is 11.7. The van der Waals surface area contributed by atoms with Gasteiger partial charge in [-0.1, -0.05) is 11.8 Å². The Morgan fingerprint density at radius 3 is 2.90 bits per heavy atom. The summed E-state index contributed by atoms with van der Waals surface area (Å²) in [6, 6.07) is 4.18. The molecule has 0 bridgehead atoms. The number of halogens is 1. The van der Waals surface area contributed by atoms with Gasteiger partial charge in [-0.25, -0.2) is 4.39 Å². The molecule has 1 aliphatic heterocycles. The van der Waals surface area contributed by atoms with Crippen LogP contribution in [0.5, 0.6) is 0 Å². The molecule has 0 radical (unpaired) electrons. The molecule has 5 heteroatoms.